The molecule has 1 aromatic heterocycles. The van der Waals surface area contributed by atoms with Crippen LogP contribution in [0.25, 0.3) is 0 Å². The fourth-order valence-corrected chi connectivity index (χ4v) is 6.32. The van der Waals surface area contributed by atoms with Gasteiger partial charge in [-0.05, 0) is 61.2 Å². The molecule has 0 spiro atoms. The number of nitrogens with zero attached hydrogens (tertiary/aromatic N) is 3. The molecule has 0 radical (unpaired) electrons. The quantitative estimate of drug-likeness (QED) is 0.583. The average molecular weight is 497 g/mol. The summed E-state index contributed by atoms with van der Waals surface area (Å²) < 4.78 is 40.9. The van der Waals surface area contributed by atoms with Crippen molar-refractivity contribution >= 4 is 15.9 Å². The van der Waals surface area contributed by atoms with Crippen molar-refractivity contribution in [1.82, 2.24) is 19.4 Å². The first-order valence-corrected chi connectivity index (χ1v) is 12.9. The number of aromatic nitrogens is 2. The molecule has 2 aliphatic heterocycles. The first-order valence-electron chi connectivity index (χ1n) is 11.4. The van der Waals surface area contributed by atoms with Gasteiger partial charge in [-0.1, -0.05) is 12.1 Å². The number of benzene rings is 2. The molecular formula is C25H28N4O5S. The number of ether oxygens (including phenoxy) is 2. The molecule has 10 heteroatoms. The molecule has 3 heterocycles. The highest BCUT2D eigenvalue weighted by Gasteiger charge is 2.34. The molecule has 2 aromatic carbocycles. The van der Waals surface area contributed by atoms with Gasteiger partial charge in [-0.25, -0.2) is 8.42 Å². The zero-order valence-corrected chi connectivity index (χ0v) is 21.0. The third-order valence-electron chi connectivity index (χ3n) is 6.72. The Morgan fingerprint density at radius 1 is 1.06 bits per heavy atom. The molecule has 0 fully saturated rings. The number of amides is 1. The lowest BCUT2D eigenvalue weighted by atomic mass is 10.1. The van der Waals surface area contributed by atoms with Crippen LogP contribution in [0.2, 0.25) is 0 Å². The van der Waals surface area contributed by atoms with Crippen molar-refractivity contribution < 1.29 is 22.7 Å². The van der Waals surface area contributed by atoms with Crippen LogP contribution in [0, 0.1) is 20.8 Å². The Bertz CT molecular complexity index is 1440. The zero-order valence-electron chi connectivity index (χ0n) is 20.2. The molecule has 2 aliphatic rings. The third kappa shape index (κ3) is 4.17. The molecule has 9 nitrogen and oxygen atoms in total. The Morgan fingerprint density at radius 3 is 2.60 bits per heavy atom. The van der Waals surface area contributed by atoms with Crippen LogP contribution in [0.5, 0.6) is 11.5 Å². The van der Waals surface area contributed by atoms with Crippen LogP contribution < -0.4 is 14.8 Å². The molecule has 5 rings (SSSR count). The lowest BCUT2D eigenvalue weighted by Crippen LogP contribution is -2.37. The van der Waals surface area contributed by atoms with Crippen LogP contribution in [-0.2, 0) is 36.6 Å². The molecule has 0 aliphatic carbocycles. The Kier molecular flexibility index (Phi) is 5.80. The molecule has 184 valence electrons. The summed E-state index contributed by atoms with van der Waals surface area (Å²) in [6.45, 7) is 6.59. The second kappa shape index (κ2) is 8.69. The summed E-state index contributed by atoms with van der Waals surface area (Å²) in [5.74, 6) is 0.981. The Balaban J connectivity index is 1.37. The van der Waals surface area contributed by atoms with E-state index in [-0.39, 0.29) is 31.5 Å². The topological polar surface area (TPSA) is 103 Å². The van der Waals surface area contributed by atoms with E-state index in [9.17, 15) is 13.2 Å². The van der Waals surface area contributed by atoms with E-state index >= 15 is 0 Å². The lowest BCUT2D eigenvalue weighted by Gasteiger charge is -2.27. The Labute approximate surface area is 204 Å². The fraction of sp³-hybridized carbons (Fsp3) is 0.360. The van der Waals surface area contributed by atoms with Crippen LogP contribution in [0.1, 0.15) is 44.0 Å². The van der Waals surface area contributed by atoms with Crippen LogP contribution >= 0.6 is 0 Å². The lowest BCUT2D eigenvalue weighted by molar-refractivity contribution is 0.0943. The maximum atomic E-state index is 13.5. The first-order chi connectivity index (χ1) is 16.6. The summed E-state index contributed by atoms with van der Waals surface area (Å²) in [5.41, 5.74) is 5.33. The molecule has 35 heavy (non-hydrogen) atoms. The van der Waals surface area contributed by atoms with E-state index in [1.165, 1.54) is 4.31 Å². The number of aryl methyl sites for hydroxylation is 4. The van der Waals surface area contributed by atoms with Gasteiger partial charge < -0.3 is 14.8 Å². The predicted molar refractivity (Wildman–Crippen MR) is 129 cm³/mol. The molecule has 0 saturated carbocycles. The third-order valence-corrected chi connectivity index (χ3v) is 8.71. The molecule has 0 atom stereocenters. The largest absolute Gasteiger partial charge is 0.454 e. The van der Waals surface area contributed by atoms with Crippen molar-refractivity contribution in [3.63, 3.8) is 0 Å². The number of hydrogen-bond acceptors (Lipinski definition) is 6. The minimum atomic E-state index is -3.73. The van der Waals surface area contributed by atoms with Crippen molar-refractivity contribution in [2.45, 2.75) is 45.2 Å². The summed E-state index contributed by atoms with van der Waals surface area (Å²) >= 11 is 0. The number of sulfonamides is 1. The van der Waals surface area contributed by atoms with Crippen LogP contribution in [-0.4, -0.2) is 41.7 Å². The predicted octanol–water partition coefficient (Wildman–Crippen LogP) is 2.75. The van der Waals surface area contributed by atoms with Crippen molar-refractivity contribution in [1.29, 1.82) is 0 Å². The van der Waals surface area contributed by atoms with Crippen molar-refractivity contribution in [2.75, 3.05) is 13.3 Å². The molecule has 3 aromatic rings. The van der Waals surface area contributed by atoms with Gasteiger partial charge in [0, 0.05) is 44.4 Å². The number of carbonyl (C=O) groups excluding carboxylic acids is 1. The number of carbonyl (C=O) groups is 1. The van der Waals surface area contributed by atoms with Gasteiger partial charge in [0.05, 0.1) is 4.90 Å². The maximum absolute atomic E-state index is 13.5. The van der Waals surface area contributed by atoms with E-state index in [1.54, 1.807) is 17.8 Å². The van der Waals surface area contributed by atoms with Gasteiger partial charge >= 0.3 is 0 Å². The Morgan fingerprint density at radius 2 is 1.80 bits per heavy atom. The van der Waals surface area contributed by atoms with Crippen molar-refractivity contribution in [3.8, 4) is 11.5 Å². The molecule has 0 bridgehead atoms. The fourth-order valence-electron chi connectivity index (χ4n) is 4.62. The van der Waals surface area contributed by atoms with E-state index in [4.69, 9.17) is 9.47 Å². The molecular weight excluding hydrogens is 468 g/mol. The van der Waals surface area contributed by atoms with E-state index in [2.05, 4.69) is 10.4 Å². The normalized spacial score (nSPS) is 15.2. The smallest absolute Gasteiger partial charge is 0.272 e. The van der Waals surface area contributed by atoms with E-state index in [0.29, 0.717) is 40.5 Å². The van der Waals surface area contributed by atoms with Crippen LogP contribution in [0.4, 0.5) is 0 Å². The van der Waals surface area contributed by atoms with Gasteiger partial charge in [-0.2, -0.15) is 9.40 Å². The molecule has 0 unspecified atom stereocenters. The summed E-state index contributed by atoms with van der Waals surface area (Å²) in [6.07, 6.45) is 0.484. The number of hydrogen-bond donors (Lipinski definition) is 1. The molecule has 1 N–H and O–H groups in total. The average Bonchev–Trinajstić information content (AvgIpc) is 3.43. The Hall–Kier alpha value is -3.37. The first kappa shape index (κ1) is 23.4. The van der Waals surface area contributed by atoms with Gasteiger partial charge in [-0.3, -0.25) is 9.48 Å². The summed E-state index contributed by atoms with van der Waals surface area (Å²) in [4.78, 5) is 13.4. The maximum Gasteiger partial charge on any atom is 0.272 e. The minimum Gasteiger partial charge on any atom is -0.454 e. The van der Waals surface area contributed by atoms with E-state index in [1.807, 2.05) is 45.0 Å². The standard InChI is InChI=1S/C25H28N4O5S/c1-15-9-17(3)23(10-16(15)2)35(31,32)29-8-7-20-19(13-29)24(27-28(20)4)25(30)26-12-18-5-6-21-22(11-18)34-14-33-21/h5-6,9-11H,7-8,12-14H2,1-4H3,(H,26,30). The van der Waals surface area contributed by atoms with Crippen LogP contribution in [0.15, 0.2) is 35.2 Å². The number of fused-ring (bicyclic) bond motifs is 2. The van der Waals surface area contributed by atoms with Crippen molar-refractivity contribution in [2.24, 2.45) is 7.05 Å². The summed E-state index contributed by atoms with van der Waals surface area (Å²) in [5, 5.41) is 7.33. The van der Waals surface area contributed by atoms with Gasteiger partial charge in [0.15, 0.2) is 17.2 Å². The van der Waals surface area contributed by atoms with Crippen molar-refractivity contribution in [3.05, 3.63) is 69.5 Å². The highest BCUT2D eigenvalue weighted by molar-refractivity contribution is 7.89. The van der Waals surface area contributed by atoms with Gasteiger partial charge in [0.2, 0.25) is 16.8 Å². The highest BCUT2D eigenvalue weighted by Crippen LogP contribution is 2.33. The highest BCUT2D eigenvalue weighted by atomic mass is 32.2. The summed E-state index contributed by atoms with van der Waals surface area (Å²) in [6, 6.07) is 9.14. The summed E-state index contributed by atoms with van der Waals surface area (Å²) in [7, 11) is -1.95. The van der Waals surface area contributed by atoms with Crippen LogP contribution in [0.3, 0.4) is 0 Å². The van der Waals surface area contributed by atoms with E-state index in [0.717, 1.165) is 22.4 Å². The van der Waals surface area contributed by atoms with Gasteiger partial charge in [-0.15, -0.1) is 0 Å². The second-order valence-electron chi connectivity index (χ2n) is 9.06. The molecule has 0 saturated heterocycles. The zero-order chi connectivity index (χ0) is 24.9. The number of rotatable bonds is 5. The van der Waals surface area contributed by atoms with Gasteiger partial charge in [0.25, 0.3) is 5.91 Å². The number of nitrogens with one attached hydrogen (secondary N) is 1. The second-order valence-corrected chi connectivity index (χ2v) is 11.0. The van der Waals surface area contributed by atoms with Gasteiger partial charge in [0.1, 0.15) is 0 Å². The van der Waals surface area contributed by atoms with E-state index < -0.39 is 10.0 Å². The monoisotopic (exact) mass is 496 g/mol. The molecule has 1 amide bonds. The SMILES string of the molecule is Cc1cc(C)c(S(=O)(=O)N2CCc3c(c(C(=O)NCc4ccc5c(c4)OCO5)nn3C)C2)cc1C. The minimum absolute atomic E-state index is 0.102.